The Morgan fingerprint density at radius 1 is 1.16 bits per heavy atom. The molecule has 2 N–H and O–H groups in total. The molecule has 2 rings (SSSR count). The summed E-state index contributed by atoms with van der Waals surface area (Å²) in [7, 11) is 0. The summed E-state index contributed by atoms with van der Waals surface area (Å²) in [4.78, 5) is 28.1. The third-order valence-electron chi connectivity index (χ3n) is 2.50. The van der Waals surface area contributed by atoms with E-state index in [1.165, 1.54) is 11.3 Å². The predicted octanol–water partition coefficient (Wildman–Crippen LogP) is 1.13. The maximum Gasteiger partial charge on any atom is 0.281 e. The molecule has 0 spiro atoms. The summed E-state index contributed by atoms with van der Waals surface area (Å²) in [6.07, 6.45) is 0. The maximum atomic E-state index is 11.9. The third kappa shape index (κ3) is 2.63. The number of nitrogens with zero attached hydrogens (tertiary/aromatic N) is 2. The van der Waals surface area contributed by atoms with Crippen LogP contribution >= 0.6 is 11.3 Å². The zero-order valence-electron chi connectivity index (χ0n) is 10.6. The van der Waals surface area contributed by atoms with Gasteiger partial charge >= 0.3 is 0 Å². The molecule has 2 aromatic heterocycles. The van der Waals surface area contributed by atoms with Crippen molar-refractivity contribution in [1.29, 1.82) is 0 Å². The molecule has 100 valence electrons. The maximum absolute atomic E-state index is 11.9. The fraction of sp³-hybridized carbons (Fsp3) is 0.273. The lowest BCUT2D eigenvalue weighted by molar-refractivity contribution is 0.0847. The predicted molar refractivity (Wildman–Crippen MR) is 67.8 cm³/mol. The summed E-state index contributed by atoms with van der Waals surface area (Å²) in [6.45, 7) is 5.01. The van der Waals surface area contributed by atoms with Crippen LogP contribution in [-0.4, -0.2) is 22.0 Å². The van der Waals surface area contributed by atoms with Gasteiger partial charge in [-0.05, 0) is 20.8 Å². The summed E-state index contributed by atoms with van der Waals surface area (Å²) in [5, 5.41) is 3.67. The van der Waals surface area contributed by atoms with E-state index in [-0.39, 0.29) is 0 Å². The summed E-state index contributed by atoms with van der Waals surface area (Å²) in [5.74, 6) is -0.468. The number of hydrogen-bond acceptors (Lipinski definition) is 6. The van der Waals surface area contributed by atoms with E-state index in [1.54, 1.807) is 26.3 Å². The van der Waals surface area contributed by atoms with Gasteiger partial charge in [0.25, 0.3) is 11.8 Å². The van der Waals surface area contributed by atoms with E-state index < -0.39 is 11.8 Å². The molecule has 0 aliphatic rings. The van der Waals surface area contributed by atoms with Gasteiger partial charge in [0.1, 0.15) is 16.2 Å². The lowest BCUT2D eigenvalue weighted by Crippen LogP contribution is -2.41. The molecule has 0 aliphatic heterocycles. The molecule has 0 radical (unpaired) electrons. The smallest absolute Gasteiger partial charge is 0.281 e. The second kappa shape index (κ2) is 5.19. The third-order valence-corrected chi connectivity index (χ3v) is 3.43. The second-order valence-corrected chi connectivity index (χ2v) is 4.73. The Hall–Kier alpha value is -2.22. The molecule has 8 heteroatoms. The molecular weight excluding hydrogens is 268 g/mol. The number of nitrogens with one attached hydrogen (secondary N) is 2. The molecule has 0 aromatic carbocycles. The number of carbonyl (C=O) groups is 2. The fourth-order valence-corrected chi connectivity index (χ4v) is 2.26. The van der Waals surface area contributed by atoms with E-state index in [0.29, 0.717) is 27.6 Å². The Morgan fingerprint density at radius 3 is 2.37 bits per heavy atom. The molecule has 19 heavy (non-hydrogen) atoms. The Balaban J connectivity index is 2.02. The van der Waals surface area contributed by atoms with E-state index in [4.69, 9.17) is 4.52 Å². The number of rotatable bonds is 2. The molecule has 2 amide bonds. The highest BCUT2D eigenvalue weighted by atomic mass is 32.1. The van der Waals surface area contributed by atoms with Crippen LogP contribution in [0.4, 0.5) is 0 Å². The van der Waals surface area contributed by atoms with Gasteiger partial charge in [-0.3, -0.25) is 20.4 Å². The van der Waals surface area contributed by atoms with Crippen molar-refractivity contribution in [1.82, 2.24) is 21.0 Å². The molecule has 2 aromatic rings. The van der Waals surface area contributed by atoms with Crippen LogP contribution in [0.2, 0.25) is 0 Å². The van der Waals surface area contributed by atoms with Crippen LogP contribution in [0, 0.1) is 20.8 Å². The van der Waals surface area contributed by atoms with Gasteiger partial charge in [0.05, 0.1) is 16.9 Å². The number of carbonyl (C=O) groups excluding carboxylic acids is 2. The zero-order valence-corrected chi connectivity index (χ0v) is 11.4. The Labute approximate surface area is 113 Å². The van der Waals surface area contributed by atoms with Gasteiger partial charge in [0.2, 0.25) is 0 Å². The number of hydrogen-bond donors (Lipinski definition) is 2. The Bertz CT molecular complexity index is 612. The van der Waals surface area contributed by atoms with Crippen molar-refractivity contribution in [3.63, 3.8) is 0 Å². The highest BCUT2D eigenvalue weighted by Gasteiger charge is 2.19. The van der Waals surface area contributed by atoms with Crippen LogP contribution in [-0.2, 0) is 0 Å². The highest BCUT2D eigenvalue weighted by Crippen LogP contribution is 2.12. The van der Waals surface area contributed by atoms with E-state index in [2.05, 4.69) is 21.0 Å². The average molecular weight is 280 g/mol. The number of aromatic nitrogens is 2. The summed E-state index contributed by atoms with van der Waals surface area (Å²) < 4.78 is 4.88. The van der Waals surface area contributed by atoms with Gasteiger partial charge in [-0.15, -0.1) is 11.3 Å². The minimum absolute atomic E-state index is 0.321. The summed E-state index contributed by atoms with van der Waals surface area (Å²) in [6, 6.07) is 0. The quantitative estimate of drug-likeness (QED) is 0.804. The molecular formula is C11H12N4O3S. The molecule has 0 bridgehead atoms. The molecule has 0 unspecified atom stereocenters. The van der Waals surface area contributed by atoms with Crippen LogP contribution < -0.4 is 10.9 Å². The first-order valence-corrected chi connectivity index (χ1v) is 6.32. The standard InChI is InChI=1S/C11H12N4O3S/c1-5-8(7(3)18-15-5)10(16)13-14-11(17)9-6(2)12-4-19-9/h4H,1-3H3,(H,13,16)(H,14,17). The van der Waals surface area contributed by atoms with Crippen LogP contribution in [0.3, 0.4) is 0 Å². The minimum atomic E-state index is -0.466. The largest absolute Gasteiger partial charge is 0.361 e. The first-order chi connectivity index (χ1) is 9.00. The van der Waals surface area contributed by atoms with Gasteiger partial charge in [-0.1, -0.05) is 5.16 Å². The van der Waals surface area contributed by atoms with Crippen molar-refractivity contribution >= 4 is 23.2 Å². The highest BCUT2D eigenvalue weighted by molar-refractivity contribution is 7.11. The Kier molecular flexibility index (Phi) is 3.61. The summed E-state index contributed by atoms with van der Waals surface area (Å²) >= 11 is 1.21. The van der Waals surface area contributed by atoms with Crippen molar-refractivity contribution in [2.75, 3.05) is 0 Å². The first kappa shape index (κ1) is 13.2. The molecule has 0 atom stereocenters. The monoisotopic (exact) mass is 280 g/mol. The van der Waals surface area contributed by atoms with Gasteiger partial charge in [-0.2, -0.15) is 0 Å². The van der Waals surface area contributed by atoms with E-state index in [0.717, 1.165) is 0 Å². The number of amides is 2. The van der Waals surface area contributed by atoms with Crippen molar-refractivity contribution < 1.29 is 14.1 Å². The molecule has 2 heterocycles. The van der Waals surface area contributed by atoms with Crippen LogP contribution in [0.5, 0.6) is 0 Å². The van der Waals surface area contributed by atoms with Crippen LogP contribution in [0.25, 0.3) is 0 Å². The van der Waals surface area contributed by atoms with Gasteiger partial charge in [-0.25, -0.2) is 4.98 Å². The Morgan fingerprint density at radius 2 is 1.84 bits per heavy atom. The van der Waals surface area contributed by atoms with Crippen molar-refractivity contribution in [2.45, 2.75) is 20.8 Å². The van der Waals surface area contributed by atoms with Gasteiger partial charge < -0.3 is 4.52 Å². The fourth-order valence-electron chi connectivity index (χ4n) is 1.56. The number of thiazole rings is 1. The minimum Gasteiger partial charge on any atom is -0.361 e. The van der Waals surface area contributed by atoms with Gasteiger partial charge in [0.15, 0.2) is 0 Å². The SMILES string of the molecule is Cc1ncsc1C(=O)NNC(=O)c1c(C)noc1C. The van der Waals surface area contributed by atoms with Crippen molar-refractivity contribution in [3.05, 3.63) is 33.1 Å². The molecule has 0 fully saturated rings. The van der Waals surface area contributed by atoms with Crippen LogP contribution in [0.15, 0.2) is 10.0 Å². The van der Waals surface area contributed by atoms with Crippen LogP contribution in [0.1, 0.15) is 37.2 Å². The molecule has 0 saturated carbocycles. The summed E-state index contributed by atoms with van der Waals surface area (Å²) in [5.41, 5.74) is 7.63. The second-order valence-electron chi connectivity index (χ2n) is 3.87. The first-order valence-electron chi connectivity index (χ1n) is 5.44. The molecule has 0 saturated heterocycles. The number of aryl methyl sites for hydroxylation is 3. The molecule has 7 nitrogen and oxygen atoms in total. The van der Waals surface area contributed by atoms with Gasteiger partial charge in [0, 0.05) is 0 Å². The van der Waals surface area contributed by atoms with E-state index >= 15 is 0 Å². The van der Waals surface area contributed by atoms with Crippen molar-refractivity contribution in [3.8, 4) is 0 Å². The van der Waals surface area contributed by atoms with Crippen molar-refractivity contribution in [2.24, 2.45) is 0 Å². The lowest BCUT2D eigenvalue weighted by Gasteiger charge is -2.05. The average Bonchev–Trinajstić information content (AvgIpc) is 2.93. The van der Waals surface area contributed by atoms with E-state index in [1.807, 2.05) is 0 Å². The lowest BCUT2D eigenvalue weighted by atomic mass is 10.2. The normalized spacial score (nSPS) is 10.3. The zero-order chi connectivity index (χ0) is 14.0. The number of hydrazine groups is 1. The topological polar surface area (TPSA) is 97.1 Å². The van der Waals surface area contributed by atoms with E-state index in [9.17, 15) is 9.59 Å². The molecule has 0 aliphatic carbocycles.